The number of rotatable bonds is 6. The van der Waals surface area contributed by atoms with Crippen LogP contribution in [0, 0.1) is 6.92 Å². The number of carbonyl (C=O) groups excluding carboxylic acids is 2. The number of benzene rings is 1. The van der Waals surface area contributed by atoms with E-state index in [0.717, 1.165) is 5.56 Å². The van der Waals surface area contributed by atoms with Crippen LogP contribution in [0.4, 0.5) is 0 Å². The maximum Gasteiger partial charge on any atom is 0.303 e. The molecule has 25 heavy (non-hydrogen) atoms. The van der Waals surface area contributed by atoms with Crippen molar-refractivity contribution in [1.29, 1.82) is 0 Å². The lowest BCUT2D eigenvalue weighted by Gasteiger charge is -2.27. The Hall–Kier alpha value is -1.64. The zero-order chi connectivity index (χ0) is 18.6. The summed E-state index contributed by atoms with van der Waals surface area (Å²) in [6, 6.07) is 7.38. The molecule has 1 N–H and O–H groups in total. The number of hydrogen-bond acceptors (Lipinski definition) is 7. The van der Waals surface area contributed by atoms with Crippen LogP contribution in [0.25, 0.3) is 0 Å². The van der Waals surface area contributed by atoms with Crippen LogP contribution >= 0.6 is 15.9 Å². The van der Waals surface area contributed by atoms with Crippen LogP contribution < -0.4 is 4.74 Å². The minimum atomic E-state index is -1.83. The van der Waals surface area contributed by atoms with Gasteiger partial charge in [0.1, 0.15) is 18.5 Å². The molecule has 1 aromatic rings. The van der Waals surface area contributed by atoms with Gasteiger partial charge >= 0.3 is 11.9 Å². The zero-order valence-corrected chi connectivity index (χ0v) is 15.8. The van der Waals surface area contributed by atoms with Crippen LogP contribution in [0.5, 0.6) is 5.75 Å². The molecule has 0 amide bonds. The third-order valence-electron chi connectivity index (χ3n) is 3.69. The number of ether oxygens (including phenoxy) is 4. The summed E-state index contributed by atoms with van der Waals surface area (Å²) in [5, 5.41) is 10.6. The zero-order valence-electron chi connectivity index (χ0n) is 14.2. The number of alkyl halides is 1. The Kier molecular flexibility index (Phi) is 6.42. The first-order valence-electron chi connectivity index (χ1n) is 7.75. The maximum absolute atomic E-state index is 11.4. The van der Waals surface area contributed by atoms with Gasteiger partial charge in [-0.2, -0.15) is 0 Å². The van der Waals surface area contributed by atoms with Gasteiger partial charge in [0.15, 0.2) is 12.2 Å². The van der Waals surface area contributed by atoms with E-state index >= 15 is 0 Å². The van der Waals surface area contributed by atoms with Gasteiger partial charge in [-0.3, -0.25) is 9.59 Å². The van der Waals surface area contributed by atoms with E-state index in [9.17, 15) is 14.7 Å². The smallest absolute Gasteiger partial charge is 0.303 e. The van der Waals surface area contributed by atoms with Crippen molar-refractivity contribution in [2.24, 2.45) is 0 Å². The van der Waals surface area contributed by atoms with E-state index in [2.05, 4.69) is 15.9 Å². The van der Waals surface area contributed by atoms with Crippen LogP contribution in [-0.4, -0.2) is 53.1 Å². The Morgan fingerprint density at radius 2 is 1.80 bits per heavy atom. The second kappa shape index (κ2) is 8.16. The highest BCUT2D eigenvalue weighted by Crippen LogP contribution is 2.35. The number of aliphatic hydroxyl groups is 1. The number of aryl methyl sites for hydroxylation is 1. The van der Waals surface area contributed by atoms with E-state index in [1.807, 2.05) is 19.1 Å². The van der Waals surface area contributed by atoms with Crippen LogP contribution in [0.3, 0.4) is 0 Å². The van der Waals surface area contributed by atoms with Gasteiger partial charge in [-0.1, -0.05) is 33.6 Å². The molecule has 1 aromatic carbocycles. The van der Waals surface area contributed by atoms with Gasteiger partial charge < -0.3 is 24.1 Å². The minimum absolute atomic E-state index is 0.00802. The second-order valence-electron chi connectivity index (χ2n) is 5.86. The molecule has 4 atom stereocenters. The molecule has 1 aliphatic rings. The Morgan fingerprint density at radius 1 is 1.20 bits per heavy atom. The highest BCUT2D eigenvalue weighted by atomic mass is 79.9. The first-order valence-corrected chi connectivity index (χ1v) is 8.87. The fourth-order valence-corrected chi connectivity index (χ4v) is 3.02. The number of hydrogen-bond donors (Lipinski definition) is 1. The lowest BCUT2D eigenvalue weighted by molar-refractivity contribution is -0.222. The molecule has 1 heterocycles. The molecular formula is C17H21BrO7. The third-order valence-corrected chi connectivity index (χ3v) is 4.49. The van der Waals surface area contributed by atoms with Gasteiger partial charge in [-0.25, -0.2) is 0 Å². The predicted octanol–water partition coefficient (Wildman–Crippen LogP) is 1.72. The van der Waals surface area contributed by atoms with Crippen molar-refractivity contribution in [2.45, 2.75) is 44.9 Å². The lowest BCUT2D eigenvalue weighted by Crippen LogP contribution is -2.48. The average molecular weight is 417 g/mol. The van der Waals surface area contributed by atoms with Crippen molar-refractivity contribution in [1.82, 2.24) is 0 Å². The normalized spacial score (nSPS) is 28.4. The molecule has 1 unspecified atom stereocenters. The van der Waals surface area contributed by atoms with E-state index in [-0.39, 0.29) is 11.9 Å². The molecule has 2 rings (SSSR count). The van der Waals surface area contributed by atoms with Crippen molar-refractivity contribution in [3.8, 4) is 5.75 Å². The fraction of sp³-hybridized carbons (Fsp3) is 0.529. The molecule has 7 nitrogen and oxygen atoms in total. The number of carbonyl (C=O) groups is 2. The van der Waals surface area contributed by atoms with Crippen molar-refractivity contribution >= 4 is 27.9 Å². The molecule has 0 bridgehead atoms. The first-order chi connectivity index (χ1) is 11.7. The quantitative estimate of drug-likeness (QED) is 0.557. The molecule has 0 radical (unpaired) electrons. The maximum atomic E-state index is 11.4. The van der Waals surface area contributed by atoms with E-state index in [1.165, 1.54) is 13.8 Å². The highest BCUT2D eigenvalue weighted by molar-refractivity contribution is 9.09. The summed E-state index contributed by atoms with van der Waals surface area (Å²) in [6.45, 7) is 4.40. The summed E-state index contributed by atoms with van der Waals surface area (Å²) in [7, 11) is 0. The van der Waals surface area contributed by atoms with Crippen molar-refractivity contribution < 1.29 is 33.6 Å². The fourth-order valence-electron chi connectivity index (χ4n) is 2.56. The lowest BCUT2D eigenvalue weighted by atomic mass is 10.1. The van der Waals surface area contributed by atoms with Crippen LogP contribution in [0.15, 0.2) is 24.3 Å². The summed E-state index contributed by atoms with van der Waals surface area (Å²) in [4.78, 5) is 22.8. The molecule has 1 fully saturated rings. The Labute approximate surface area is 154 Å². The van der Waals surface area contributed by atoms with Crippen LogP contribution in [-0.2, 0) is 23.8 Å². The summed E-state index contributed by atoms with van der Waals surface area (Å²) < 4.78 is 21.7. The van der Waals surface area contributed by atoms with Crippen molar-refractivity contribution in [3.05, 3.63) is 29.8 Å². The van der Waals surface area contributed by atoms with E-state index in [4.69, 9.17) is 18.9 Å². The molecule has 0 saturated carbocycles. The molecule has 0 aromatic heterocycles. The average Bonchev–Trinajstić information content (AvgIpc) is 2.79. The van der Waals surface area contributed by atoms with Crippen molar-refractivity contribution in [2.75, 3.05) is 11.9 Å². The molecule has 8 heteroatoms. The van der Waals surface area contributed by atoms with Gasteiger partial charge in [-0.05, 0) is 19.1 Å². The third kappa shape index (κ3) is 4.93. The van der Waals surface area contributed by atoms with Gasteiger partial charge in [0.05, 0.1) is 5.33 Å². The van der Waals surface area contributed by atoms with Gasteiger partial charge in [0.25, 0.3) is 0 Å². The molecule has 0 spiro atoms. The summed E-state index contributed by atoms with van der Waals surface area (Å²) in [5.74, 6) is -2.42. The summed E-state index contributed by atoms with van der Waals surface area (Å²) >= 11 is 3.14. The van der Waals surface area contributed by atoms with Crippen molar-refractivity contribution in [3.63, 3.8) is 0 Å². The minimum Gasteiger partial charge on any atom is -0.491 e. The van der Waals surface area contributed by atoms with Crippen LogP contribution in [0.1, 0.15) is 19.4 Å². The Bertz CT molecular complexity index is 618. The number of halogens is 1. The largest absolute Gasteiger partial charge is 0.491 e. The molecule has 0 aliphatic carbocycles. The van der Waals surface area contributed by atoms with Gasteiger partial charge in [0.2, 0.25) is 5.79 Å². The number of esters is 2. The van der Waals surface area contributed by atoms with E-state index in [1.54, 1.807) is 12.1 Å². The monoisotopic (exact) mass is 416 g/mol. The molecular weight excluding hydrogens is 396 g/mol. The topological polar surface area (TPSA) is 91.3 Å². The van der Waals surface area contributed by atoms with Gasteiger partial charge in [0, 0.05) is 13.8 Å². The second-order valence-corrected chi connectivity index (χ2v) is 6.42. The standard InChI is InChI=1S/C17H21BrO7/c1-10-4-6-13(7-5-10)22-8-14-15(23-11(2)19)16(24-12(3)20)17(21,9-18)25-14/h4-7,14-16,21H,8-9H2,1-3H3/t14-,15-,16-,17?/m1/s1. The molecule has 1 aliphatic heterocycles. The van der Waals surface area contributed by atoms with E-state index in [0.29, 0.717) is 5.75 Å². The first kappa shape index (κ1) is 19.7. The predicted molar refractivity (Wildman–Crippen MR) is 91.4 cm³/mol. The van der Waals surface area contributed by atoms with Gasteiger partial charge in [-0.15, -0.1) is 0 Å². The van der Waals surface area contributed by atoms with Crippen LogP contribution in [0.2, 0.25) is 0 Å². The van der Waals surface area contributed by atoms with E-state index < -0.39 is 36.0 Å². The molecule has 138 valence electrons. The molecule has 1 saturated heterocycles. The summed E-state index contributed by atoms with van der Waals surface area (Å²) in [5.41, 5.74) is 1.09. The Balaban J connectivity index is 2.17. The Morgan fingerprint density at radius 3 is 2.32 bits per heavy atom. The summed E-state index contributed by atoms with van der Waals surface area (Å²) in [6.07, 6.45) is -2.97. The SMILES string of the molecule is CC(=O)O[C@H]1[C@@H](OC(C)=O)C(O)(CBr)O[C@@H]1COc1ccc(C)cc1. The highest BCUT2D eigenvalue weighted by Gasteiger charge is 2.58.